The maximum Gasteiger partial charge on any atom is 0.173 e. The van der Waals surface area contributed by atoms with Gasteiger partial charge < -0.3 is 15.1 Å². The molecule has 0 unspecified atom stereocenters. The van der Waals surface area contributed by atoms with E-state index in [9.17, 15) is 0 Å². The normalized spacial score (nSPS) is 10.6. The summed E-state index contributed by atoms with van der Waals surface area (Å²) < 4.78 is 0. The van der Waals surface area contributed by atoms with E-state index in [1.807, 2.05) is 24.3 Å². The second-order valence-corrected chi connectivity index (χ2v) is 6.34. The van der Waals surface area contributed by atoms with Crippen molar-refractivity contribution in [3.05, 3.63) is 66.2 Å². The van der Waals surface area contributed by atoms with E-state index in [4.69, 9.17) is 12.2 Å². The second-order valence-electron chi connectivity index (χ2n) is 5.95. The van der Waals surface area contributed by atoms with E-state index in [1.54, 1.807) is 0 Å². The zero-order chi connectivity index (χ0) is 16.5. The highest BCUT2D eigenvalue weighted by atomic mass is 32.1. The summed E-state index contributed by atoms with van der Waals surface area (Å²) in [5.41, 5.74) is 2.37. The van der Waals surface area contributed by atoms with Crippen molar-refractivity contribution in [2.24, 2.45) is 0 Å². The summed E-state index contributed by atoms with van der Waals surface area (Å²) in [4.78, 5) is 3.62. The molecule has 0 aliphatic heterocycles. The summed E-state index contributed by atoms with van der Waals surface area (Å²) in [7, 11) is 4.34. The molecule has 0 saturated heterocycles. The fourth-order valence-electron chi connectivity index (χ4n) is 2.39. The van der Waals surface area contributed by atoms with Crippen molar-refractivity contribution in [3.63, 3.8) is 0 Å². The van der Waals surface area contributed by atoms with Gasteiger partial charge in [-0.25, -0.2) is 0 Å². The van der Waals surface area contributed by atoms with Crippen molar-refractivity contribution in [1.29, 1.82) is 0 Å². The van der Waals surface area contributed by atoms with Crippen molar-refractivity contribution in [2.75, 3.05) is 32.1 Å². The van der Waals surface area contributed by atoms with Gasteiger partial charge in [0.25, 0.3) is 0 Å². The monoisotopic (exact) mass is 328 g/mol. The quantitative estimate of drug-likeness (QED) is 0.600. The van der Waals surface area contributed by atoms with Crippen molar-refractivity contribution in [3.8, 4) is 0 Å². The van der Waals surface area contributed by atoms with Crippen molar-refractivity contribution in [1.82, 2.24) is 5.32 Å². The lowest BCUT2D eigenvalue weighted by Crippen LogP contribution is -3.05. The van der Waals surface area contributed by atoms with Crippen molar-refractivity contribution >= 4 is 23.0 Å². The van der Waals surface area contributed by atoms with E-state index < -0.39 is 0 Å². The number of nitrogens with zero attached hydrogens (tertiary/aromatic N) is 1. The number of rotatable bonds is 7. The molecular formula is C19H26N3S+. The van der Waals surface area contributed by atoms with Crippen LogP contribution in [0.2, 0.25) is 0 Å². The molecule has 0 aliphatic rings. The Morgan fingerprint density at radius 2 is 1.61 bits per heavy atom. The molecule has 0 saturated carbocycles. The highest BCUT2D eigenvalue weighted by Crippen LogP contribution is 2.17. The first-order valence-electron chi connectivity index (χ1n) is 8.10. The highest BCUT2D eigenvalue weighted by Gasteiger charge is 2.12. The molecular weight excluding hydrogens is 302 g/mol. The number of quaternary nitrogens is 1. The van der Waals surface area contributed by atoms with Gasteiger partial charge in [0.15, 0.2) is 5.11 Å². The van der Waals surface area contributed by atoms with Crippen LogP contribution in [0, 0.1) is 0 Å². The topological polar surface area (TPSA) is 19.7 Å². The van der Waals surface area contributed by atoms with E-state index in [0.29, 0.717) is 0 Å². The minimum atomic E-state index is 0.773. The van der Waals surface area contributed by atoms with Crippen LogP contribution in [0.1, 0.15) is 12.0 Å². The Labute approximate surface area is 144 Å². The number of nitrogens with one attached hydrogen (secondary N) is 2. The highest BCUT2D eigenvalue weighted by molar-refractivity contribution is 7.80. The molecule has 0 heterocycles. The predicted octanol–water partition coefficient (Wildman–Crippen LogP) is 2.10. The van der Waals surface area contributed by atoms with Gasteiger partial charge in [0.1, 0.15) is 0 Å². The Kier molecular flexibility index (Phi) is 7.04. The van der Waals surface area contributed by atoms with Gasteiger partial charge in [0.2, 0.25) is 0 Å². The number of anilines is 1. The Bertz CT molecular complexity index is 584. The maximum atomic E-state index is 5.64. The van der Waals surface area contributed by atoms with Crippen molar-refractivity contribution < 1.29 is 4.90 Å². The molecule has 0 radical (unpaired) electrons. The molecule has 2 rings (SSSR count). The molecule has 0 fully saturated rings. The van der Waals surface area contributed by atoms with Crippen LogP contribution >= 0.6 is 12.2 Å². The summed E-state index contributed by atoms with van der Waals surface area (Å²) in [5.74, 6) is 0. The summed E-state index contributed by atoms with van der Waals surface area (Å²) in [6.45, 7) is 2.82. The van der Waals surface area contributed by atoms with Crippen LogP contribution in [0.25, 0.3) is 0 Å². The molecule has 0 aliphatic carbocycles. The molecule has 2 aromatic rings. The molecule has 0 aromatic heterocycles. The summed E-state index contributed by atoms with van der Waals surface area (Å²) >= 11 is 5.64. The van der Waals surface area contributed by atoms with Gasteiger partial charge in [-0.05, 0) is 29.9 Å². The first-order valence-corrected chi connectivity index (χ1v) is 8.51. The van der Waals surface area contributed by atoms with Gasteiger partial charge in [-0.15, -0.1) is 0 Å². The van der Waals surface area contributed by atoms with Crippen LogP contribution in [-0.4, -0.2) is 32.3 Å². The third kappa shape index (κ3) is 6.00. The summed E-state index contributed by atoms with van der Waals surface area (Å²) in [6, 6.07) is 20.8. The fraction of sp³-hybridized carbons (Fsp3) is 0.316. The number of thiocarbonyl (C=S) groups is 1. The standard InChI is InChI=1S/C19H25N3S/c1-21(2)15-9-14-20-19(23)22(18-12-7-4-8-13-18)16-17-10-5-3-6-11-17/h3-8,10-13H,9,14-16H2,1-2H3,(H,20,23)/p+1. The Morgan fingerprint density at radius 3 is 2.22 bits per heavy atom. The zero-order valence-electron chi connectivity index (χ0n) is 14.0. The summed E-state index contributed by atoms with van der Waals surface area (Å²) in [5, 5.41) is 4.19. The minimum Gasteiger partial charge on any atom is -0.362 e. The van der Waals surface area contributed by atoms with Gasteiger partial charge in [0, 0.05) is 18.7 Å². The molecule has 3 nitrogen and oxygen atoms in total. The molecule has 122 valence electrons. The fourth-order valence-corrected chi connectivity index (χ4v) is 2.66. The van der Waals surface area contributed by atoms with E-state index >= 15 is 0 Å². The number of hydrogen-bond donors (Lipinski definition) is 2. The first kappa shape index (κ1) is 17.4. The largest absolute Gasteiger partial charge is 0.362 e. The molecule has 4 heteroatoms. The van der Waals surface area contributed by atoms with Gasteiger partial charge in [0.05, 0.1) is 27.2 Å². The first-order chi connectivity index (χ1) is 11.2. The average Bonchev–Trinajstić information content (AvgIpc) is 2.58. The van der Waals surface area contributed by atoms with Crippen LogP contribution in [0.3, 0.4) is 0 Å². The number of hydrogen-bond acceptors (Lipinski definition) is 1. The Hall–Kier alpha value is -1.91. The molecule has 23 heavy (non-hydrogen) atoms. The minimum absolute atomic E-state index is 0.773. The van der Waals surface area contributed by atoms with E-state index in [1.165, 1.54) is 10.5 Å². The van der Waals surface area contributed by atoms with E-state index in [0.717, 1.165) is 36.9 Å². The number of benzene rings is 2. The lowest BCUT2D eigenvalue weighted by molar-refractivity contribution is -0.858. The third-order valence-corrected chi connectivity index (χ3v) is 3.99. The van der Waals surface area contributed by atoms with Gasteiger partial charge >= 0.3 is 0 Å². The number of para-hydroxylation sites is 1. The van der Waals surface area contributed by atoms with E-state index in [2.05, 4.69) is 60.7 Å². The van der Waals surface area contributed by atoms with Crippen molar-refractivity contribution in [2.45, 2.75) is 13.0 Å². The van der Waals surface area contributed by atoms with E-state index in [-0.39, 0.29) is 0 Å². The average molecular weight is 329 g/mol. The van der Waals surface area contributed by atoms with Crippen LogP contribution in [0.5, 0.6) is 0 Å². The molecule has 0 spiro atoms. The van der Waals surface area contributed by atoms with Crippen LogP contribution in [0.4, 0.5) is 5.69 Å². The Morgan fingerprint density at radius 1 is 1.00 bits per heavy atom. The molecule has 2 aromatic carbocycles. The van der Waals surface area contributed by atoms with Crippen LogP contribution in [-0.2, 0) is 6.54 Å². The molecule has 2 N–H and O–H groups in total. The molecule has 0 amide bonds. The summed E-state index contributed by atoms with van der Waals surface area (Å²) in [6.07, 6.45) is 1.11. The SMILES string of the molecule is C[NH+](C)CCCNC(=S)N(Cc1ccccc1)c1ccccc1. The lowest BCUT2D eigenvalue weighted by Gasteiger charge is -2.26. The molecule has 0 atom stereocenters. The predicted molar refractivity (Wildman–Crippen MR) is 102 cm³/mol. The van der Waals surface area contributed by atoms with Crippen LogP contribution < -0.4 is 15.1 Å². The third-order valence-electron chi connectivity index (χ3n) is 3.63. The second kappa shape index (κ2) is 9.28. The maximum absolute atomic E-state index is 5.64. The zero-order valence-corrected chi connectivity index (χ0v) is 14.8. The van der Waals surface area contributed by atoms with Gasteiger partial charge in [-0.2, -0.15) is 0 Å². The lowest BCUT2D eigenvalue weighted by atomic mass is 10.2. The van der Waals surface area contributed by atoms with Gasteiger partial charge in [-0.3, -0.25) is 0 Å². The van der Waals surface area contributed by atoms with Crippen LogP contribution in [0.15, 0.2) is 60.7 Å². The Balaban J connectivity index is 2.03. The van der Waals surface area contributed by atoms with Gasteiger partial charge in [-0.1, -0.05) is 48.5 Å². The molecule has 0 bridgehead atoms. The smallest absolute Gasteiger partial charge is 0.173 e.